The van der Waals surface area contributed by atoms with Crippen LogP contribution in [0.5, 0.6) is 0 Å². The predicted molar refractivity (Wildman–Crippen MR) is 102 cm³/mol. The van der Waals surface area contributed by atoms with E-state index in [2.05, 4.69) is 20.5 Å². The molecule has 0 unspecified atom stereocenters. The maximum absolute atomic E-state index is 12.5. The summed E-state index contributed by atoms with van der Waals surface area (Å²) in [6.07, 6.45) is 3.30. The van der Waals surface area contributed by atoms with Crippen molar-refractivity contribution in [3.8, 4) is 0 Å². The SMILES string of the molecule is Cc1ccc(C(=O)N2CC[C@@H](NC(=O)NCCCN3CCOCC3)C2)cn1. The van der Waals surface area contributed by atoms with Gasteiger partial charge in [-0.2, -0.15) is 0 Å². The van der Waals surface area contributed by atoms with Crippen LogP contribution >= 0.6 is 0 Å². The molecule has 1 atom stereocenters. The van der Waals surface area contributed by atoms with E-state index in [0.29, 0.717) is 25.2 Å². The Morgan fingerprint density at radius 2 is 2.07 bits per heavy atom. The molecule has 2 fully saturated rings. The van der Waals surface area contributed by atoms with Crippen molar-refractivity contribution in [3.63, 3.8) is 0 Å². The second kappa shape index (κ2) is 9.66. The van der Waals surface area contributed by atoms with Crippen LogP contribution in [0.15, 0.2) is 18.3 Å². The Morgan fingerprint density at radius 3 is 2.81 bits per heavy atom. The number of nitrogens with zero attached hydrogens (tertiary/aromatic N) is 3. The van der Waals surface area contributed by atoms with Crippen LogP contribution in [0.3, 0.4) is 0 Å². The third-order valence-corrected chi connectivity index (χ3v) is 5.01. The van der Waals surface area contributed by atoms with Gasteiger partial charge in [-0.05, 0) is 38.4 Å². The van der Waals surface area contributed by atoms with Gasteiger partial charge in [0, 0.05) is 50.7 Å². The van der Waals surface area contributed by atoms with Crippen LogP contribution in [0.4, 0.5) is 4.79 Å². The van der Waals surface area contributed by atoms with Crippen molar-refractivity contribution >= 4 is 11.9 Å². The first-order valence-corrected chi connectivity index (χ1v) is 9.68. The minimum absolute atomic E-state index is 0.00778. The van der Waals surface area contributed by atoms with Gasteiger partial charge < -0.3 is 20.3 Å². The number of aromatic nitrogens is 1. The molecular formula is C19H29N5O3. The molecule has 2 aliphatic heterocycles. The molecule has 0 aliphatic carbocycles. The number of carbonyl (C=O) groups excluding carboxylic acids is 2. The highest BCUT2D eigenvalue weighted by Gasteiger charge is 2.28. The first-order valence-electron chi connectivity index (χ1n) is 9.68. The van der Waals surface area contributed by atoms with Gasteiger partial charge in [0.05, 0.1) is 18.8 Å². The maximum atomic E-state index is 12.5. The fourth-order valence-electron chi connectivity index (χ4n) is 3.41. The molecule has 0 bridgehead atoms. The van der Waals surface area contributed by atoms with E-state index in [-0.39, 0.29) is 18.0 Å². The van der Waals surface area contributed by atoms with Crippen molar-refractivity contribution in [1.82, 2.24) is 25.4 Å². The third-order valence-electron chi connectivity index (χ3n) is 5.01. The van der Waals surface area contributed by atoms with E-state index in [4.69, 9.17) is 4.74 Å². The van der Waals surface area contributed by atoms with Crippen molar-refractivity contribution in [2.24, 2.45) is 0 Å². The van der Waals surface area contributed by atoms with Gasteiger partial charge in [0.2, 0.25) is 0 Å². The second-order valence-corrected chi connectivity index (χ2v) is 7.13. The van der Waals surface area contributed by atoms with Crippen LogP contribution in [-0.4, -0.2) is 85.2 Å². The van der Waals surface area contributed by atoms with Crippen molar-refractivity contribution in [3.05, 3.63) is 29.6 Å². The molecule has 0 spiro atoms. The Labute approximate surface area is 160 Å². The lowest BCUT2D eigenvalue weighted by Gasteiger charge is -2.26. The largest absolute Gasteiger partial charge is 0.379 e. The van der Waals surface area contributed by atoms with E-state index in [1.165, 1.54) is 0 Å². The van der Waals surface area contributed by atoms with Gasteiger partial charge >= 0.3 is 6.03 Å². The topological polar surface area (TPSA) is 86.8 Å². The van der Waals surface area contributed by atoms with Crippen molar-refractivity contribution in [1.29, 1.82) is 0 Å². The average molecular weight is 375 g/mol. The van der Waals surface area contributed by atoms with Crippen molar-refractivity contribution in [2.45, 2.75) is 25.8 Å². The minimum atomic E-state index is -0.159. The smallest absolute Gasteiger partial charge is 0.315 e. The van der Waals surface area contributed by atoms with Gasteiger partial charge in [-0.15, -0.1) is 0 Å². The number of ether oxygens (including phenoxy) is 1. The zero-order chi connectivity index (χ0) is 19.1. The van der Waals surface area contributed by atoms with Crippen LogP contribution in [-0.2, 0) is 4.74 Å². The minimum Gasteiger partial charge on any atom is -0.379 e. The van der Waals surface area contributed by atoms with Crippen LogP contribution in [0, 0.1) is 6.92 Å². The molecule has 1 aromatic heterocycles. The molecule has 2 aliphatic rings. The molecule has 2 N–H and O–H groups in total. The van der Waals surface area contributed by atoms with E-state index in [1.54, 1.807) is 17.2 Å². The Hall–Kier alpha value is -2.19. The van der Waals surface area contributed by atoms with E-state index >= 15 is 0 Å². The third kappa shape index (κ3) is 5.90. The summed E-state index contributed by atoms with van der Waals surface area (Å²) >= 11 is 0. The second-order valence-electron chi connectivity index (χ2n) is 7.13. The molecule has 1 aromatic rings. The van der Waals surface area contributed by atoms with E-state index < -0.39 is 0 Å². The van der Waals surface area contributed by atoms with Gasteiger partial charge in [-0.25, -0.2) is 4.79 Å². The Balaban J connectivity index is 1.33. The standard InChI is InChI=1S/C19H29N5O3/c1-15-3-4-16(13-21-15)18(25)24-8-5-17(14-24)22-19(26)20-6-2-7-23-9-11-27-12-10-23/h3-4,13,17H,2,5-12,14H2,1H3,(H2,20,22,26)/t17-/m1/s1. The summed E-state index contributed by atoms with van der Waals surface area (Å²) in [6, 6.07) is 3.47. The van der Waals surface area contributed by atoms with Gasteiger partial charge in [-0.3, -0.25) is 14.7 Å². The number of pyridine rings is 1. The number of carbonyl (C=O) groups is 2. The summed E-state index contributed by atoms with van der Waals surface area (Å²) in [5, 5.41) is 5.88. The summed E-state index contributed by atoms with van der Waals surface area (Å²) in [5.74, 6) is -0.0299. The van der Waals surface area contributed by atoms with E-state index in [1.807, 2.05) is 13.0 Å². The number of nitrogens with one attached hydrogen (secondary N) is 2. The molecule has 27 heavy (non-hydrogen) atoms. The first-order chi connectivity index (χ1) is 13.1. The van der Waals surface area contributed by atoms with Crippen molar-refractivity contribution < 1.29 is 14.3 Å². The number of hydrogen-bond donors (Lipinski definition) is 2. The van der Waals surface area contributed by atoms with Crippen molar-refractivity contribution in [2.75, 3.05) is 52.5 Å². The molecule has 3 rings (SSSR count). The number of morpholine rings is 1. The number of likely N-dealkylation sites (tertiary alicyclic amines) is 1. The zero-order valence-corrected chi connectivity index (χ0v) is 15.9. The average Bonchev–Trinajstić information content (AvgIpc) is 3.14. The number of aryl methyl sites for hydroxylation is 1. The summed E-state index contributed by atoms with van der Waals surface area (Å²) in [5.41, 5.74) is 1.48. The lowest BCUT2D eigenvalue weighted by molar-refractivity contribution is 0.0375. The highest BCUT2D eigenvalue weighted by atomic mass is 16.5. The molecule has 3 heterocycles. The summed E-state index contributed by atoms with van der Waals surface area (Å²) < 4.78 is 5.32. The van der Waals surface area contributed by atoms with E-state index in [0.717, 1.165) is 51.4 Å². The number of rotatable bonds is 6. The fourth-order valence-corrected chi connectivity index (χ4v) is 3.41. The summed E-state index contributed by atoms with van der Waals surface area (Å²) in [4.78, 5) is 32.9. The monoisotopic (exact) mass is 375 g/mol. The van der Waals surface area contributed by atoms with Crippen LogP contribution in [0.25, 0.3) is 0 Å². The normalized spacial score (nSPS) is 20.5. The molecule has 148 valence electrons. The number of hydrogen-bond acceptors (Lipinski definition) is 5. The highest BCUT2D eigenvalue weighted by molar-refractivity contribution is 5.94. The molecule has 0 radical (unpaired) electrons. The summed E-state index contributed by atoms with van der Waals surface area (Å²) in [7, 11) is 0. The van der Waals surface area contributed by atoms with Crippen LogP contribution in [0.1, 0.15) is 28.9 Å². The highest BCUT2D eigenvalue weighted by Crippen LogP contribution is 2.13. The van der Waals surface area contributed by atoms with Gasteiger partial charge in [0.15, 0.2) is 0 Å². The van der Waals surface area contributed by atoms with Gasteiger partial charge in [0.25, 0.3) is 5.91 Å². The lowest BCUT2D eigenvalue weighted by atomic mass is 10.2. The van der Waals surface area contributed by atoms with Gasteiger partial charge in [0.1, 0.15) is 0 Å². The Bertz CT molecular complexity index is 631. The molecule has 0 saturated carbocycles. The number of amides is 3. The molecule has 8 nitrogen and oxygen atoms in total. The molecule has 3 amide bonds. The predicted octanol–water partition coefficient (Wildman–Crippen LogP) is 0.626. The molecule has 0 aromatic carbocycles. The first kappa shape index (κ1) is 19.6. The van der Waals surface area contributed by atoms with E-state index in [9.17, 15) is 9.59 Å². The molecule has 8 heteroatoms. The zero-order valence-electron chi connectivity index (χ0n) is 15.9. The Kier molecular flexibility index (Phi) is 7.00. The van der Waals surface area contributed by atoms with Crippen LogP contribution in [0.2, 0.25) is 0 Å². The van der Waals surface area contributed by atoms with Crippen LogP contribution < -0.4 is 10.6 Å². The molecule has 2 saturated heterocycles. The molecular weight excluding hydrogens is 346 g/mol. The quantitative estimate of drug-likeness (QED) is 0.712. The number of urea groups is 1. The van der Waals surface area contributed by atoms with Gasteiger partial charge in [-0.1, -0.05) is 0 Å². The lowest BCUT2D eigenvalue weighted by Crippen LogP contribution is -2.44. The Morgan fingerprint density at radius 1 is 1.26 bits per heavy atom. The summed E-state index contributed by atoms with van der Waals surface area (Å²) in [6.45, 7) is 8.22. The fraction of sp³-hybridized carbons (Fsp3) is 0.632. The maximum Gasteiger partial charge on any atom is 0.315 e.